The van der Waals surface area contributed by atoms with Crippen molar-refractivity contribution in [3.05, 3.63) is 95.6 Å². The van der Waals surface area contributed by atoms with Crippen LogP contribution in [0.15, 0.2) is 69.6 Å². The van der Waals surface area contributed by atoms with Crippen LogP contribution in [0.25, 0.3) is 21.5 Å². The van der Waals surface area contributed by atoms with Crippen LogP contribution >= 0.6 is 56.7 Å². The van der Waals surface area contributed by atoms with Gasteiger partial charge in [0.2, 0.25) is 0 Å². The molecule has 0 spiro atoms. The fraction of sp³-hybridized carbons (Fsp3) is 0.0909. The zero-order chi connectivity index (χ0) is 17.7. The summed E-state index contributed by atoms with van der Waals surface area (Å²) in [7, 11) is 0. The molecule has 4 aromatic rings. The molecule has 0 atom stereocenters. The second kappa shape index (κ2) is 16.1. The van der Waals surface area contributed by atoms with Crippen LogP contribution in [0.5, 0.6) is 0 Å². The first kappa shape index (κ1) is 33.0. The maximum absolute atomic E-state index is 3.51. The van der Waals surface area contributed by atoms with Crippen LogP contribution in [0, 0.1) is 28.7 Å². The standard InChI is InChI=1S/2C10H8Br.2CH3.2ClH.Si.Zr/c2*1-7-5-8-3-2-4-10(11)9(8)6-7;;;;;;/h2*2-6H,1H3;2*1H3;2*1H;;/q4*-1;;;;. The number of rotatable bonds is 0. The van der Waals surface area contributed by atoms with E-state index in [0.717, 1.165) is 0 Å². The van der Waals surface area contributed by atoms with Crippen LogP contribution in [0.2, 0.25) is 0 Å². The van der Waals surface area contributed by atoms with Gasteiger partial charge in [0, 0.05) is 0 Å². The maximum atomic E-state index is 3.51. The Kier molecular flexibility index (Phi) is 18.9. The van der Waals surface area contributed by atoms with Gasteiger partial charge in [0.1, 0.15) is 0 Å². The monoisotopic (exact) mass is 634 g/mol. The summed E-state index contributed by atoms with van der Waals surface area (Å²) in [4.78, 5) is 0. The van der Waals surface area contributed by atoms with E-state index in [1.165, 1.54) is 65.0 Å². The molecule has 0 amide bonds. The van der Waals surface area contributed by atoms with Crippen LogP contribution in [-0.4, -0.2) is 6.88 Å². The van der Waals surface area contributed by atoms with Crippen molar-refractivity contribution in [1.82, 2.24) is 0 Å². The molecule has 0 unspecified atom stereocenters. The van der Waals surface area contributed by atoms with Crippen molar-refractivity contribution in [2.75, 3.05) is 0 Å². The Labute approximate surface area is 215 Å². The molecule has 152 valence electrons. The van der Waals surface area contributed by atoms with Gasteiger partial charge in [0.15, 0.2) is 0 Å². The van der Waals surface area contributed by atoms with E-state index in [4.69, 9.17) is 0 Å². The minimum atomic E-state index is 0. The molecule has 4 rings (SSSR count). The average Bonchev–Trinajstić information content (AvgIpc) is 3.13. The van der Waals surface area contributed by atoms with Gasteiger partial charge in [-0.25, -0.2) is 0 Å². The summed E-state index contributed by atoms with van der Waals surface area (Å²) in [5.74, 6) is 0. The molecule has 0 heterocycles. The summed E-state index contributed by atoms with van der Waals surface area (Å²) >= 11 is 8.38. The van der Waals surface area contributed by atoms with Crippen molar-refractivity contribution in [3.63, 3.8) is 0 Å². The van der Waals surface area contributed by atoms with Gasteiger partial charge < -0.3 is 14.9 Å². The summed E-state index contributed by atoms with van der Waals surface area (Å²) < 4.78 is 2.37. The summed E-state index contributed by atoms with van der Waals surface area (Å²) in [6, 6.07) is 21.3. The number of fused-ring (bicyclic) bond motifs is 2. The zero-order valence-electron chi connectivity index (χ0n) is 16.3. The van der Waals surface area contributed by atoms with Crippen molar-refractivity contribution in [1.29, 1.82) is 0 Å². The Morgan fingerprint density at radius 2 is 1.04 bits per heavy atom. The molecule has 0 nitrogen and oxygen atoms in total. The molecule has 0 aliphatic heterocycles. The molecule has 0 aromatic heterocycles. The predicted octanol–water partition coefficient (Wildman–Crippen LogP) is 8.62. The number of hydrogen-bond donors (Lipinski definition) is 0. The summed E-state index contributed by atoms with van der Waals surface area (Å²) in [5, 5.41) is 5.25. The molecule has 0 bridgehead atoms. The van der Waals surface area contributed by atoms with E-state index in [2.05, 4.69) is 113 Å². The van der Waals surface area contributed by atoms with Crippen molar-refractivity contribution >= 4 is 85.1 Å². The van der Waals surface area contributed by atoms with Gasteiger partial charge in [0.25, 0.3) is 0 Å². The molecular formula is C22H24Br2Cl2SiZr-4. The number of halogens is 4. The second-order valence-electron chi connectivity index (χ2n) is 5.55. The van der Waals surface area contributed by atoms with Gasteiger partial charge in [-0.3, -0.25) is 0 Å². The fourth-order valence-corrected chi connectivity index (χ4v) is 3.68. The molecule has 0 saturated carbocycles. The van der Waals surface area contributed by atoms with Gasteiger partial charge in [0.05, 0.1) is 0 Å². The molecule has 0 fully saturated rings. The summed E-state index contributed by atoms with van der Waals surface area (Å²) in [6.45, 7) is 7.30. The first-order valence-corrected chi connectivity index (χ1v) is 13.2. The van der Waals surface area contributed by atoms with Crippen LogP contribution in [0.3, 0.4) is 0 Å². The third-order valence-electron chi connectivity index (χ3n) is 3.68. The quantitative estimate of drug-likeness (QED) is 0.134. The van der Waals surface area contributed by atoms with Crippen LogP contribution in [-0.2, 0) is 23.3 Å². The Morgan fingerprint density at radius 3 is 1.32 bits per heavy atom. The van der Waals surface area contributed by atoms with Crippen molar-refractivity contribution in [2.45, 2.75) is 13.8 Å². The van der Waals surface area contributed by atoms with Crippen LogP contribution < -0.4 is 0 Å². The van der Waals surface area contributed by atoms with E-state index < -0.39 is 0 Å². The normalized spacial score (nSPS) is 8.54. The first-order valence-electron chi connectivity index (χ1n) is 7.43. The van der Waals surface area contributed by atoms with E-state index in [1.807, 2.05) is 0 Å². The Bertz CT molecular complexity index is 886. The third kappa shape index (κ3) is 8.58. The zero-order valence-corrected chi connectivity index (χ0v) is 24.6. The van der Waals surface area contributed by atoms with E-state index in [9.17, 15) is 0 Å². The van der Waals surface area contributed by atoms with Crippen molar-refractivity contribution in [2.24, 2.45) is 0 Å². The Balaban J connectivity index is -0.000000363. The molecule has 6 heteroatoms. The molecule has 0 N–H and O–H groups in total. The van der Waals surface area contributed by atoms with Crippen LogP contribution in [0.1, 0.15) is 11.1 Å². The van der Waals surface area contributed by atoms with E-state index in [0.29, 0.717) is 0 Å². The first-order chi connectivity index (χ1) is 11.5. The SMILES string of the molecule is Cc1cc2c(Br)cccc2[cH-]1.Cc1cc2c(Br)cccc2[cH-]1.Cl.Cl.[CH3-].[CH3-].[Si]=[Zr]. The number of aryl methyl sites for hydroxylation is 2. The van der Waals surface area contributed by atoms with Gasteiger partial charge in [-0.1, -0.05) is 57.8 Å². The Hall–Kier alpha value is 0.300. The van der Waals surface area contributed by atoms with E-state index >= 15 is 0 Å². The Morgan fingerprint density at radius 1 is 0.714 bits per heavy atom. The number of hydrogen-bond acceptors (Lipinski definition) is 0. The summed E-state index contributed by atoms with van der Waals surface area (Å²) in [6.07, 6.45) is 0. The van der Waals surface area contributed by atoms with E-state index in [1.54, 1.807) is 0 Å². The molecular weight excluding hydrogens is 614 g/mol. The van der Waals surface area contributed by atoms with Crippen LogP contribution in [0.4, 0.5) is 0 Å². The minimum absolute atomic E-state index is 0. The second-order valence-corrected chi connectivity index (χ2v) is 7.26. The average molecular weight is 638 g/mol. The van der Waals surface area contributed by atoms with Crippen molar-refractivity contribution in [3.8, 4) is 0 Å². The van der Waals surface area contributed by atoms with E-state index in [-0.39, 0.29) is 39.7 Å². The molecule has 28 heavy (non-hydrogen) atoms. The third-order valence-corrected chi connectivity index (χ3v) is 5.07. The van der Waals surface area contributed by atoms with Crippen molar-refractivity contribution < 1.29 is 23.3 Å². The fourth-order valence-electron chi connectivity index (χ4n) is 2.69. The topological polar surface area (TPSA) is 0 Å². The number of benzene rings is 2. The van der Waals surface area contributed by atoms with Gasteiger partial charge in [-0.2, -0.15) is 12.1 Å². The molecule has 4 aromatic carbocycles. The summed E-state index contributed by atoms with van der Waals surface area (Å²) in [5.41, 5.74) is 2.65. The van der Waals surface area contributed by atoms with Gasteiger partial charge in [-0.15, -0.1) is 93.9 Å². The molecule has 0 saturated heterocycles. The molecule has 0 aliphatic carbocycles. The van der Waals surface area contributed by atoms with Gasteiger partial charge >= 0.3 is 30.2 Å². The van der Waals surface area contributed by atoms with Gasteiger partial charge in [-0.05, 0) is 8.95 Å². The predicted molar refractivity (Wildman–Crippen MR) is 137 cm³/mol. The molecule has 2 radical (unpaired) electrons. The molecule has 0 aliphatic rings.